The van der Waals surface area contributed by atoms with Gasteiger partial charge in [-0.3, -0.25) is 9.48 Å². The minimum atomic E-state index is 0.0869. The Balaban J connectivity index is 1.66. The number of hydrogen-bond acceptors (Lipinski definition) is 3. The van der Waals surface area contributed by atoms with Crippen LogP contribution in [0.4, 0.5) is 0 Å². The average Bonchev–Trinajstić information content (AvgIpc) is 2.99. The quantitative estimate of drug-likeness (QED) is 0.752. The second-order valence-corrected chi connectivity index (χ2v) is 7.11. The number of ether oxygens (including phenoxy) is 1. The lowest BCUT2D eigenvalue weighted by molar-refractivity contribution is -0.137. The molecule has 3 rings (SSSR count). The maximum Gasteiger partial charge on any atom is 0.226 e. The van der Waals surface area contributed by atoms with Crippen LogP contribution in [0.2, 0.25) is 0 Å². The molecule has 24 heavy (non-hydrogen) atoms. The van der Waals surface area contributed by atoms with E-state index in [0.29, 0.717) is 25.0 Å². The number of carbonyl (C=O) groups excluding carboxylic acids is 1. The molecule has 1 heterocycles. The van der Waals surface area contributed by atoms with Crippen LogP contribution < -0.4 is 0 Å². The van der Waals surface area contributed by atoms with Crippen molar-refractivity contribution < 1.29 is 9.53 Å². The van der Waals surface area contributed by atoms with Gasteiger partial charge in [-0.25, -0.2) is 0 Å². The van der Waals surface area contributed by atoms with Gasteiger partial charge in [-0.1, -0.05) is 12.2 Å². The summed E-state index contributed by atoms with van der Waals surface area (Å²) in [5, 5.41) is 4.34. The van der Waals surface area contributed by atoms with E-state index in [9.17, 15) is 4.79 Å². The SMILES string of the molecule is COCCN(C[C@H]1CC=CCC1)C(=O)[C@H]1CCc2cnn(C)c2C1. The van der Waals surface area contributed by atoms with E-state index in [2.05, 4.69) is 22.2 Å². The highest BCUT2D eigenvalue weighted by atomic mass is 16.5. The Morgan fingerprint density at radius 3 is 3.04 bits per heavy atom. The maximum absolute atomic E-state index is 13.1. The lowest BCUT2D eigenvalue weighted by atomic mass is 9.86. The summed E-state index contributed by atoms with van der Waals surface area (Å²) in [6.07, 6.45) is 12.6. The predicted octanol–water partition coefficient (Wildman–Crippen LogP) is 2.36. The van der Waals surface area contributed by atoms with Crippen molar-refractivity contribution in [2.45, 2.75) is 38.5 Å². The number of amides is 1. The Bertz CT molecular complexity index is 593. The summed E-state index contributed by atoms with van der Waals surface area (Å²) in [6.45, 7) is 2.17. The maximum atomic E-state index is 13.1. The van der Waals surface area contributed by atoms with E-state index in [-0.39, 0.29) is 5.92 Å². The summed E-state index contributed by atoms with van der Waals surface area (Å²) in [7, 11) is 3.68. The summed E-state index contributed by atoms with van der Waals surface area (Å²) in [5.74, 6) is 0.976. The Labute approximate surface area is 144 Å². The fourth-order valence-corrected chi connectivity index (χ4v) is 3.94. The van der Waals surface area contributed by atoms with Crippen molar-refractivity contribution in [1.29, 1.82) is 0 Å². The molecule has 2 atom stereocenters. The molecule has 1 aromatic heterocycles. The molecule has 5 nitrogen and oxygen atoms in total. The third kappa shape index (κ3) is 3.89. The zero-order valence-electron chi connectivity index (χ0n) is 14.9. The monoisotopic (exact) mass is 331 g/mol. The van der Waals surface area contributed by atoms with Gasteiger partial charge in [-0.15, -0.1) is 0 Å². The molecule has 2 aliphatic carbocycles. The van der Waals surface area contributed by atoms with Crippen molar-refractivity contribution >= 4 is 5.91 Å². The smallest absolute Gasteiger partial charge is 0.226 e. The molecule has 0 unspecified atom stereocenters. The fraction of sp³-hybridized carbons (Fsp3) is 0.684. The van der Waals surface area contributed by atoms with Gasteiger partial charge in [0.05, 0.1) is 12.8 Å². The highest BCUT2D eigenvalue weighted by Gasteiger charge is 2.31. The lowest BCUT2D eigenvalue weighted by Crippen LogP contribution is -2.43. The molecule has 0 fully saturated rings. The van der Waals surface area contributed by atoms with Crippen LogP contribution in [-0.2, 0) is 29.4 Å². The van der Waals surface area contributed by atoms with E-state index in [4.69, 9.17) is 4.74 Å². The molecule has 0 bridgehead atoms. The van der Waals surface area contributed by atoms with Crippen molar-refractivity contribution in [2.75, 3.05) is 26.8 Å². The summed E-state index contributed by atoms with van der Waals surface area (Å²) >= 11 is 0. The molecule has 0 saturated carbocycles. The van der Waals surface area contributed by atoms with Gasteiger partial charge in [0.1, 0.15) is 0 Å². The number of methoxy groups -OCH3 is 1. The number of rotatable bonds is 6. The van der Waals surface area contributed by atoms with E-state index in [1.807, 2.05) is 17.9 Å². The van der Waals surface area contributed by atoms with Gasteiger partial charge in [-0.05, 0) is 43.6 Å². The first-order chi connectivity index (χ1) is 11.7. The summed E-state index contributed by atoms with van der Waals surface area (Å²) in [4.78, 5) is 15.2. The first-order valence-corrected chi connectivity index (χ1v) is 9.11. The highest BCUT2D eigenvalue weighted by molar-refractivity contribution is 5.79. The first kappa shape index (κ1) is 17.2. The molecule has 5 heteroatoms. The van der Waals surface area contributed by atoms with E-state index in [1.54, 1.807) is 7.11 Å². The molecule has 0 N–H and O–H groups in total. The summed E-state index contributed by atoms with van der Waals surface area (Å²) < 4.78 is 7.17. The molecular formula is C19H29N3O2. The zero-order chi connectivity index (χ0) is 16.9. The van der Waals surface area contributed by atoms with Crippen LogP contribution in [0.25, 0.3) is 0 Å². The molecule has 0 saturated heterocycles. The van der Waals surface area contributed by atoms with Crippen LogP contribution in [-0.4, -0.2) is 47.4 Å². The van der Waals surface area contributed by atoms with Crippen LogP contribution >= 0.6 is 0 Å². The molecular weight excluding hydrogens is 302 g/mol. The number of fused-ring (bicyclic) bond motifs is 1. The van der Waals surface area contributed by atoms with Crippen molar-refractivity contribution in [3.05, 3.63) is 29.6 Å². The molecule has 0 aliphatic heterocycles. The van der Waals surface area contributed by atoms with Crippen molar-refractivity contribution in [2.24, 2.45) is 18.9 Å². The second-order valence-electron chi connectivity index (χ2n) is 7.11. The molecule has 0 radical (unpaired) electrons. The molecule has 2 aliphatic rings. The van der Waals surface area contributed by atoms with Gasteiger partial charge in [-0.2, -0.15) is 5.10 Å². The van der Waals surface area contributed by atoms with Crippen LogP contribution in [0.15, 0.2) is 18.3 Å². The van der Waals surface area contributed by atoms with Crippen LogP contribution in [0, 0.1) is 11.8 Å². The highest BCUT2D eigenvalue weighted by Crippen LogP contribution is 2.27. The number of aromatic nitrogens is 2. The largest absolute Gasteiger partial charge is 0.383 e. The van der Waals surface area contributed by atoms with E-state index >= 15 is 0 Å². The van der Waals surface area contributed by atoms with E-state index in [1.165, 1.54) is 17.7 Å². The number of nitrogens with zero attached hydrogens (tertiary/aromatic N) is 3. The third-order valence-corrected chi connectivity index (χ3v) is 5.43. The van der Waals surface area contributed by atoms with Gasteiger partial charge in [0.15, 0.2) is 0 Å². The number of aryl methyl sites for hydroxylation is 2. The second kappa shape index (κ2) is 7.97. The summed E-state index contributed by atoms with van der Waals surface area (Å²) in [6, 6.07) is 0. The minimum Gasteiger partial charge on any atom is -0.383 e. The Hall–Kier alpha value is -1.62. The van der Waals surface area contributed by atoms with Gasteiger partial charge >= 0.3 is 0 Å². The third-order valence-electron chi connectivity index (χ3n) is 5.43. The van der Waals surface area contributed by atoms with Crippen molar-refractivity contribution in [3.63, 3.8) is 0 Å². The van der Waals surface area contributed by atoms with Gasteiger partial charge < -0.3 is 9.64 Å². The molecule has 0 spiro atoms. The molecule has 0 aromatic carbocycles. The summed E-state index contributed by atoms with van der Waals surface area (Å²) in [5.41, 5.74) is 2.54. The van der Waals surface area contributed by atoms with Crippen LogP contribution in [0.3, 0.4) is 0 Å². The molecule has 1 amide bonds. The molecule has 1 aromatic rings. The van der Waals surface area contributed by atoms with Gasteiger partial charge in [0.2, 0.25) is 5.91 Å². The minimum absolute atomic E-state index is 0.0869. The Kier molecular flexibility index (Phi) is 5.72. The van der Waals surface area contributed by atoms with Crippen LogP contribution in [0.1, 0.15) is 36.9 Å². The van der Waals surface area contributed by atoms with Crippen molar-refractivity contribution in [3.8, 4) is 0 Å². The van der Waals surface area contributed by atoms with E-state index < -0.39 is 0 Å². The molecule has 132 valence electrons. The van der Waals surface area contributed by atoms with Gasteiger partial charge in [0, 0.05) is 45.3 Å². The topological polar surface area (TPSA) is 47.4 Å². The number of carbonyl (C=O) groups is 1. The lowest BCUT2D eigenvalue weighted by Gasteiger charge is -2.32. The fourth-order valence-electron chi connectivity index (χ4n) is 3.94. The predicted molar refractivity (Wildman–Crippen MR) is 93.7 cm³/mol. The first-order valence-electron chi connectivity index (χ1n) is 9.11. The average molecular weight is 331 g/mol. The van der Waals surface area contributed by atoms with E-state index in [0.717, 1.165) is 38.6 Å². The normalized spacial score (nSPS) is 23.1. The van der Waals surface area contributed by atoms with Crippen LogP contribution in [0.5, 0.6) is 0 Å². The van der Waals surface area contributed by atoms with Crippen molar-refractivity contribution in [1.82, 2.24) is 14.7 Å². The zero-order valence-corrected chi connectivity index (χ0v) is 14.9. The Morgan fingerprint density at radius 1 is 1.42 bits per heavy atom. The Morgan fingerprint density at radius 2 is 2.29 bits per heavy atom. The van der Waals surface area contributed by atoms with Gasteiger partial charge in [0.25, 0.3) is 0 Å². The standard InChI is InChI=1S/C19H29N3O2/c1-21-18-12-16(8-9-17(18)13-20-21)19(23)22(10-11-24-2)14-15-6-4-3-5-7-15/h3-4,13,15-16H,5-12,14H2,1-2H3/t15-,16-/m0/s1. The number of allylic oxidation sites excluding steroid dienone is 2. The number of hydrogen-bond donors (Lipinski definition) is 0.